The van der Waals surface area contributed by atoms with Gasteiger partial charge in [-0.05, 0) is 13.0 Å². The van der Waals surface area contributed by atoms with Gasteiger partial charge in [-0.1, -0.05) is 0 Å². The Balaban J connectivity index is 2.84. The summed E-state index contributed by atoms with van der Waals surface area (Å²) in [5.41, 5.74) is -1.16. The van der Waals surface area contributed by atoms with Crippen molar-refractivity contribution in [2.75, 3.05) is 0 Å². The molecule has 3 nitrogen and oxygen atoms in total. The van der Waals surface area contributed by atoms with Crippen molar-refractivity contribution < 1.29 is 18.0 Å². The van der Waals surface area contributed by atoms with Crippen LogP contribution in [-0.2, 0) is 0 Å². The van der Waals surface area contributed by atoms with E-state index in [1.807, 2.05) is 0 Å². The molecule has 0 spiro atoms. The van der Waals surface area contributed by atoms with Crippen molar-refractivity contribution in [3.05, 3.63) is 11.8 Å². The summed E-state index contributed by atoms with van der Waals surface area (Å²) in [7, 11) is 0. The average molecular weight is 178 g/mol. The van der Waals surface area contributed by atoms with E-state index in [4.69, 9.17) is 0 Å². The number of rotatable bonds is 0. The largest absolute Gasteiger partial charge is 0.433 e. The van der Waals surface area contributed by atoms with E-state index < -0.39 is 23.9 Å². The van der Waals surface area contributed by atoms with Crippen LogP contribution in [-0.4, -0.2) is 18.2 Å². The molecule has 1 unspecified atom stereocenters. The van der Waals surface area contributed by atoms with Crippen molar-refractivity contribution in [1.82, 2.24) is 10.6 Å². The summed E-state index contributed by atoms with van der Waals surface area (Å²) < 4.78 is 35.8. The molecule has 0 saturated carbocycles. The second-order valence-electron chi connectivity index (χ2n) is 2.31. The Morgan fingerprint density at radius 1 is 1.50 bits per heavy atom. The van der Waals surface area contributed by atoms with Gasteiger partial charge in [0.2, 0.25) is 0 Å². The SMILES string of the molecule is CC1C=C(C(F)(F)F)[N]C(=O)[N]1. The number of carbonyl (C=O) groups excluding carboxylic acids is 1. The molecule has 1 heterocycles. The van der Waals surface area contributed by atoms with Crippen LogP contribution in [0, 0.1) is 0 Å². The zero-order valence-electron chi connectivity index (χ0n) is 6.09. The van der Waals surface area contributed by atoms with Crippen molar-refractivity contribution in [1.29, 1.82) is 0 Å². The number of halogens is 3. The highest BCUT2D eigenvalue weighted by atomic mass is 19.4. The summed E-state index contributed by atoms with van der Waals surface area (Å²) in [4.78, 5) is 10.5. The molecule has 0 N–H and O–H groups in total. The second-order valence-corrected chi connectivity index (χ2v) is 2.31. The standard InChI is InChI=1S/C6H5F3N2O/c1-3-2-4(6(7,8)9)11-5(12)10-3/h2-3H,1H3. The number of allylic oxidation sites excluding steroid dienone is 1. The van der Waals surface area contributed by atoms with Gasteiger partial charge in [0.05, 0.1) is 6.04 Å². The monoisotopic (exact) mass is 178 g/mol. The molecule has 0 bridgehead atoms. The van der Waals surface area contributed by atoms with Crippen LogP contribution in [0.5, 0.6) is 0 Å². The van der Waals surface area contributed by atoms with Gasteiger partial charge in [-0.15, -0.1) is 0 Å². The number of nitrogens with zero attached hydrogens (tertiary/aromatic N) is 2. The lowest BCUT2D eigenvalue weighted by Gasteiger charge is -2.17. The third-order valence-corrected chi connectivity index (χ3v) is 1.22. The fourth-order valence-electron chi connectivity index (χ4n) is 0.767. The van der Waals surface area contributed by atoms with Crippen LogP contribution < -0.4 is 10.6 Å². The maximum absolute atomic E-state index is 11.9. The first kappa shape index (κ1) is 8.89. The van der Waals surface area contributed by atoms with E-state index in [0.717, 1.165) is 6.08 Å². The highest BCUT2D eigenvalue weighted by molar-refractivity contribution is 5.77. The van der Waals surface area contributed by atoms with Gasteiger partial charge in [0.15, 0.2) is 0 Å². The van der Waals surface area contributed by atoms with Gasteiger partial charge in [0, 0.05) is 0 Å². The van der Waals surface area contributed by atoms with Crippen LogP contribution in [0.15, 0.2) is 11.8 Å². The summed E-state index contributed by atoms with van der Waals surface area (Å²) in [6.07, 6.45) is -3.75. The number of amides is 2. The van der Waals surface area contributed by atoms with Crippen molar-refractivity contribution >= 4 is 6.03 Å². The highest BCUT2D eigenvalue weighted by Gasteiger charge is 2.39. The van der Waals surface area contributed by atoms with Gasteiger partial charge in [0.25, 0.3) is 0 Å². The highest BCUT2D eigenvalue weighted by Crippen LogP contribution is 2.26. The van der Waals surface area contributed by atoms with E-state index in [-0.39, 0.29) is 0 Å². The van der Waals surface area contributed by atoms with Crippen molar-refractivity contribution in [3.8, 4) is 0 Å². The summed E-state index contributed by atoms with van der Waals surface area (Å²) in [5.74, 6) is 0. The Labute approximate surface area is 66.6 Å². The van der Waals surface area contributed by atoms with Crippen molar-refractivity contribution in [3.63, 3.8) is 0 Å². The number of hydrogen-bond donors (Lipinski definition) is 0. The van der Waals surface area contributed by atoms with E-state index in [2.05, 4.69) is 10.6 Å². The smallest absolute Gasteiger partial charge is 0.244 e. The van der Waals surface area contributed by atoms with Crippen LogP contribution in [0.25, 0.3) is 0 Å². The van der Waals surface area contributed by atoms with Gasteiger partial charge >= 0.3 is 12.2 Å². The molecule has 0 aromatic rings. The number of urea groups is 1. The quantitative estimate of drug-likeness (QED) is 0.549. The third kappa shape index (κ3) is 1.90. The van der Waals surface area contributed by atoms with Crippen LogP contribution in [0.2, 0.25) is 0 Å². The number of carbonyl (C=O) groups is 1. The van der Waals surface area contributed by atoms with Crippen LogP contribution in [0.4, 0.5) is 18.0 Å². The Bertz CT molecular complexity index is 233. The van der Waals surface area contributed by atoms with Gasteiger partial charge in [-0.3, -0.25) is 0 Å². The molecule has 2 radical (unpaired) electrons. The molecule has 6 heteroatoms. The molecule has 0 saturated heterocycles. The van der Waals surface area contributed by atoms with Crippen LogP contribution >= 0.6 is 0 Å². The predicted octanol–water partition coefficient (Wildman–Crippen LogP) is 1.16. The number of alkyl halides is 3. The maximum Gasteiger partial charge on any atom is 0.433 e. The number of hydrogen-bond acceptors (Lipinski definition) is 1. The Morgan fingerprint density at radius 3 is 2.50 bits per heavy atom. The lowest BCUT2D eigenvalue weighted by molar-refractivity contribution is -0.0967. The topological polar surface area (TPSA) is 45.3 Å². The van der Waals surface area contributed by atoms with E-state index in [1.54, 1.807) is 0 Å². The minimum atomic E-state index is -4.56. The summed E-state index contributed by atoms with van der Waals surface area (Å²) in [6, 6.07) is -1.82. The summed E-state index contributed by atoms with van der Waals surface area (Å²) in [5, 5.41) is 6.00. The first-order valence-corrected chi connectivity index (χ1v) is 3.15. The summed E-state index contributed by atoms with van der Waals surface area (Å²) >= 11 is 0. The van der Waals surface area contributed by atoms with Crippen molar-refractivity contribution in [2.24, 2.45) is 0 Å². The van der Waals surface area contributed by atoms with Crippen LogP contribution in [0.3, 0.4) is 0 Å². The molecule has 1 aliphatic rings. The summed E-state index contributed by atoms with van der Waals surface area (Å²) in [6.45, 7) is 1.39. The molecule has 1 aliphatic heterocycles. The Kier molecular flexibility index (Phi) is 1.99. The molecule has 1 atom stereocenters. The molecule has 0 aliphatic carbocycles. The molecule has 0 fully saturated rings. The molecule has 0 aromatic heterocycles. The average Bonchev–Trinajstić information content (AvgIpc) is 1.82. The fourth-order valence-corrected chi connectivity index (χ4v) is 0.767. The van der Waals surface area contributed by atoms with Crippen LogP contribution in [0.1, 0.15) is 6.92 Å². The zero-order valence-corrected chi connectivity index (χ0v) is 6.09. The molecule has 2 amide bonds. The Hall–Kier alpha value is -1.20. The molecule has 12 heavy (non-hydrogen) atoms. The second kappa shape index (κ2) is 2.69. The van der Waals surface area contributed by atoms with E-state index in [0.29, 0.717) is 0 Å². The predicted molar refractivity (Wildman–Crippen MR) is 33.3 cm³/mol. The van der Waals surface area contributed by atoms with Crippen molar-refractivity contribution in [2.45, 2.75) is 19.1 Å². The lowest BCUT2D eigenvalue weighted by atomic mass is 10.2. The normalized spacial score (nSPS) is 24.2. The first-order valence-electron chi connectivity index (χ1n) is 3.15. The molecule has 1 rings (SSSR count). The maximum atomic E-state index is 11.9. The minimum Gasteiger partial charge on any atom is -0.244 e. The molecular weight excluding hydrogens is 173 g/mol. The fraction of sp³-hybridized carbons (Fsp3) is 0.500. The van der Waals surface area contributed by atoms with Gasteiger partial charge in [-0.25, -0.2) is 10.1 Å². The van der Waals surface area contributed by atoms with Gasteiger partial charge < -0.3 is 0 Å². The molecule has 66 valence electrons. The zero-order chi connectivity index (χ0) is 9.35. The lowest BCUT2D eigenvalue weighted by Crippen LogP contribution is -2.39. The molecular formula is C6H5F3N2O. The van der Waals surface area contributed by atoms with Gasteiger partial charge in [0.1, 0.15) is 5.70 Å². The van der Waals surface area contributed by atoms with Gasteiger partial charge in [-0.2, -0.15) is 18.5 Å². The third-order valence-electron chi connectivity index (χ3n) is 1.22. The van der Waals surface area contributed by atoms with E-state index in [9.17, 15) is 18.0 Å². The van der Waals surface area contributed by atoms with E-state index >= 15 is 0 Å². The first-order chi connectivity index (χ1) is 5.39. The minimum absolute atomic E-state index is 0.744. The Morgan fingerprint density at radius 2 is 2.08 bits per heavy atom. The molecule has 0 aromatic carbocycles. The van der Waals surface area contributed by atoms with E-state index in [1.165, 1.54) is 6.92 Å².